The molecule has 2 nitrogen and oxygen atoms in total. The molecule has 1 radical (unpaired) electrons. The van der Waals surface area contributed by atoms with Crippen LogP contribution in [-0.4, -0.2) is 0 Å². The van der Waals surface area contributed by atoms with Crippen LogP contribution in [0.15, 0.2) is 18.2 Å². The monoisotopic (exact) mass is 149 g/mol. The third-order valence-electron chi connectivity index (χ3n) is 1.78. The Morgan fingerprint density at radius 3 is 3.18 bits per heavy atom. The molecular formula is C9H9O2. The Morgan fingerprint density at radius 2 is 2.36 bits per heavy atom. The third kappa shape index (κ3) is 1.10. The van der Waals surface area contributed by atoms with Crippen LogP contribution >= 0.6 is 0 Å². The van der Waals surface area contributed by atoms with E-state index in [1.807, 2.05) is 18.2 Å². The van der Waals surface area contributed by atoms with Gasteiger partial charge in [0.05, 0.1) is 0 Å². The SMILES string of the molecule is [CH2]Cc1ccc2c(c1)OOC2. The van der Waals surface area contributed by atoms with Gasteiger partial charge in [0, 0.05) is 5.56 Å². The molecule has 0 aliphatic carbocycles. The summed E-state index contributed by atoms with van der Waals surface area (Å²) in [6.45, 7) is 4.35. The second-order valence-corrected chi connectivity index (χ2v) is 2.54. The summed E-state index contributed by atoms with van der Waals surface area (Å²) in [5.41, 5.74) is 2.29. The predicted octanol–water partition coefficient (Wildman–Crippen LogP) is 1.89. The highest BCUT2D eigenvalue weighted by Gasteiger charge is 2.12. The average molecular weight is 149 g/mol. The van der Waals surface area contributed by atoms with Gasteiger partial charge in [-0.1, -0.05) is 12.1 Å². The molecule has 1 aliphatic rings. The first-order valence-corrected chi connectivity index (χ1v) is 3.60. The van der Waals surface area contributed by atoms with Gasteiger partial charge in [-0.2, -0.15) is 4.89 Å². The van der Waals surface area contributed by atoms with Gasteiger partial charge in [0.25, 0.3) is 0 Å². The lowest BCUT2D eigenvalue weighted by Gasteiger charge is -1.97. The summed E-state index contributed by atoms with van der Waals surface area (Å²) in [7, 11) is 0. The third-order valence-corrected chi connectivity index (χ3v) is 1.78. The Hall–Kier alpha value is -1.02. The minimum absolute atomic E-state index is 0.562. The lowest BCUT2D eigenvalue weighted by molar-refractivity contribution is -0.194. The molecule has 2 heteroatoms. The van der Waals surface area contributed by atoms with Crippen LogP contribution in [0.5, 0.6) is 5.75 Å². The van der Waals surface area contributed by atoms with Gasteiger partial charge in [-0.3, -0.25) is 0 Å². The van der Waals surface area contributed by atoms with E-state index >= 15 is 0 Å². The Kier molecular flexibility index (Phi) is 1.55. The van der Waals surface area contributed by atoms with Gasteiger partial charge in [0.2, 0.25) is 0 Å². The number of benzene rings is 1. The van der Waals surface area contributed by atoms with E-state index < -0.39 is 0 Å². The molecule has 0 spiro atoms. The van der Waals surface area contributed by atoms with Crippen molar-refractivity contribution in [2.75, 3.05) is 0 Å². The van der Waals surface area contributed by atoms with E-state index in [9.17, 15) is 0 Å². The quantitative estimate of drug-likeness (QED) is 0.567. The van der Waals surface area contributed by atoms with Crippen LogP contribution in [0.1, 0.15) is 11.1 Å². The number of hydrogen-bond acceptors (Lipinski definition) is 2. The smallest absolute Gasteiger partial charge is 0.171 e. The van der Waals surface area contributed by atoms with Crippen molar-refractivity contribution in [3.63, 3.8) is 0 Å². The molecule has 57 valence electrons. The van der Waals surface area contributed by atoms with Crippen molar-refractivity contribution >= 4 is 0 Å². The zero-order chi connectivity index (χ0) is 7.68. The van der Waals surface area contributed by atoms with Crippen molar-refractivity contribution in [3.8, 4) is 5.75 Å². The van der Waals surface area contributed by atoms with Crippen LogP contribution in [0.3, 0.4) is 0 Å². The van der Waals surface area contributed by atoms with Crippen LogP contribution < -0.4 is 4.89 Å². The molecule has 0 aromatic heterocycles. The molecule has 0 atom stereocenters. The van der Waals surface area contributed by atoms with Gasteiger partial charge in [0.15, 0.2) is 5.75 Å². The standard InChI is InChI=1S/C9H9O2/c1-2-7-3-4-8-6-10-11-9(8)5-7/h3-5H,1-2,6H2. The number of hydrogen-bond donors (Lipinski definition) is 0. The molecule has 1 aromatic carbocycles. The largest absolute Gasteiger partial charge is 0.337 e. The van der Waals surface area contributed by atoms with E-state index in [-0.39, 0.29) is 0 Å². The topological polar surface area (TPSA) is 18.5 Å². The average Bonchev–Trinajstić information content (AvgIpc) is 2.50. The molecule has 1 aromatic rings. The van der Waals surface area contributed by atoms with E-state index in [2.05, 4.69) is 6.92 Å². The molecular weight excluding hydrogens is 140 g/mol. The Morgan fingerprint density at radius 1 is 1.45 bits per heavy atom. The van der Waals surface area contributed by atoms with Crippen LogP contribution in [0.2, 0.25) is 0 Å². The molecule has 1 heterocycles. The van der Waals surface area contributed by atoms with Crippen molar-refractivity contribution in [1.29, 1.82) is 0 Å². The number of rotatable bonds is 1. The highest BCUT2D eigenvalue weighted by atomic mass is 17.2. The van der Waals surface area contributed by atoms with E-state index in [1.165, 1.54) is 5.56 Å². The first-order valence-electron chi connectivity index (χ1n) is 3.60. The predicted molar refractivity (Wildman–Crippen MR) is 40.9 cm³/mol. The van der Waals surface area contributed by atoms with Crippen LogP contribution in [0, 0.1) is 6.92 Å². The zero-order valence-electron chi connectivity index (χ0n) is 6.17. The van der Waals surface area contributed by atoms with Crippen LogP contribution in [0.4, 0.5) is 0 Å². The molecule has 0 amide bonds. The molecule has 0 saturated heterocycles. The number of fused-ring (bicyclic) bond motifs is 1. The maximum absolute atomic E-state index is 4.91. The highest BCUT2D eigenvalue weighted by Crippen LogP contribution is 2.26. The molecule has 0 bridgehead atoms. The van der Waals surface area contributed by atoms with Crippen LogP contribution in [-0.2, 0) is 17.9 Å². The first-order chi connectivity index (χ1) is 5.40. The van der Waals surface area contributed by atoms with Gasteiger partial charge in [-0.25, -0.2) is 0 Å². The van der Waals surface area contributed by atoms with Crippen LogP contribution in [0.25, 0.3) is 0 Å². The molecule has 0 unspecified atom stereocenters. The Bertz CT molecular complexity index is 268. The van der Waals surface area contributed by atoms with Gasteiger partial charge in [-0.15, -0.1) is 0 Å². The summed E-state index contributed by atoms with van der Waals surface area (Å²) < 4.78 is 0. The lowest BCUT2D eigenvalue weighted by Crippen LogP contribution is -1.83. The molecule has 2 rings (SSSR count). The summed E-state index contributed by atoms with van der Waals surface area (Å²) in [5.74, 6) is 0.839. The highest BCUT2D eigenvalue weighted by molar-refractivity contribution is 5.38. The van der Waals surface area contributed by atoms with Crippen molar-refractivity contribution in [2.45, 2.75) is 13.0 Å². The van der Waals surface area contributed by atoms with E-state index in [0.717, 1.165) is 17.7 Å². The van der Waals surface area contributed by atoms with Gasteiger partial charge < -0.3 is 4.89 Å². The second-order valence-electron chi connectivity index (χ2n) is 2.54. The fraction of sp³-hybridized carbons (Fsp3) is 0.222. The summed E-state index contributed by atoms with van der Waals surface area (Å²) in [5, 5.41) is 0. The normalized spacial score (nSPS) is 14.3. The zero-order valence-corrected chi connectivity index (χ0v) is 6.17. The van der Waals surface area contributed by atoms with Gasteiger partial charge >= 0.3 is 0 Å². The summed E-state index contributed by atoms with van der Waals surface area (Å²) >= 11 is 0. The first kappa shape index (κ1) is 6.68. The van der Waals surface area contributed by atoms with Crippen molar-refractivity contribution in [1.82, 2.24) is 0 Å². The summed E-state index contributed by atoms with van der Waals surface area (Å²) in [6.07, 6.45) is 0.788. The minimum Gasteiger partial charge on any atom is -0.337 e. The van der Waals surface area contributed by atoms with Crippen molar-refractivity contribution < 1.29 is 9.78 Å². The lowest BCUT2D eigenvalue weighted by atomic mass is 10.1. The second kappa shape index (κ2) is 2.55. The Labute approximate surface area is 65.7 Å². The van der Waals surface area contributed by atoms with E-state index in [0.29, 0.717) is 6.61 Å². The molecule has 11 heavy (non-hydrogen) atoms. The molecule has 0 N–H and O–H groups in total. The summed E-state index contributed by atoms with van der Waals surface area (Å²) in [4.78, 5) is 9.71. The fourth-order valence-electron chi connectivity index (χ4n) is 1.11. The Balaban J connectivity index is 2.41. The molecule has 0 fully saturated rings. The van der Waals surface area contributed by atoms with Gasteiger partial charge in [0.1, 0.15) is 6.61 Å². The fourth-order valence-corrected chi connectivity index (χ4v) is 1.11. The minimum atomic E-state index is 0.562. The maximum atomic E-state index is 4.91. The van der Waals surface area contributed by atoms with Gasteiger partial charge in [-0.05, 0) is 25.0 Å². The van der Waals surface area contributed by atoms with E-state index in [4.69, 9.17) is 9.78 Å². The maximum Gasteiger partial charge on any atom is 0.171 e. The summed E-state index contributed by atoms with van der Waals surface area (Å²) in [6, 6.07) is 6.03. The molecule has 1 aliphatic heterocycles. The molecule has 0 saturated carbocycles. The van der Waals surface area contributed by atoms with Crippen molar-refractivity contribution in [3.05, 3.63) is 36.2 Å². The van der Waals surface area contributed by atoms with Crippen molar-refractivity contribution in [2.24, 2.45) is 0 Å². The van der Waals surface area contributed by atoms with E-state index in [1.54, 1.807) is 0 Å².